The summed E-state index contributed by atoms with van der Waals surface area (Å²) in [5, 5.41) is 0. The Morgan fingerprint density at radius 1 is 0.800 bits per heavy atom. The van der Waals surface area contributed by atoms with Crippen LogP contribution in [0.25, 0.3) is 0 Å². The molecule has 4 radical (unpaired) electrons. The number of likely N-dealkylation sites (N-methyl/N-ethyl adjacent to an activating group) is 2. The molecule has 0 spiro atoms. The van der Waals surface area contributed by atoms with Gasteiger partial charge in [0.2, 0.25) is 0 Å². The van der Waals surface area contributed by atoms with Gasteiger partial charge in [0.1, 0.15) is 13.1 Å². The smallest absolute Gasteiger partial charge is 0.397 e. The van der Waals surface area contributed by atoms with Gasteiger partial charge in [0.05, 0.1) is 0 Å². The topological polar surface area (TPSA) is 0 Å². The number of rotatable bonds is 3. The fraction of sp³-hybridized carbons (Fsp3) is 1.00. The lowest BCUT2D eigenvalue weighted by atomic mass is 10.2. The molecule has 0 aromatic heterocycles. The summed E-state index contributed by atoms with van der Waals surface area (Å²) >= 11 is 0. The fourth-order valence-corrected chi connectivity index (χ4v) is 0.515. The normalized spacial score (nSPS) is 13.6. The van der Waals surface area contributed by atoms with Gasteiger partial charge in [0.15, 0.2) is 0 Å². The van der Waals surface area contributed by atoms with Crippen molar-refractivity contribution in [2.75, 3.05) is 41.3 Å². The molecule has 0 aliphatic carbocycles. The average molecular weight is 138 g/mol. The molecule has 0 amide bonds. The molecule has 0 fully saturated rings. The second-order valence-corrected chi connectivity index (χ2v) is 4.00. The molecule has 0 saturated heterocycles. The summed E-state index contributed by atoms with van der Waals surface area (Å²) in [5.41, 5.74) is 0. The molecule has 0 aromatic rings. The highest BCUT2D eigenvalue weighted by molar-refractivity contribution is 5.97. The van der Waals surface area contributed by atoms with Gasteiger partial charge in [-0.2, -0.15) is 0 Å². The third-order valence-electron chi connectivity index (χ3n) is 1.25. The fourth-order valence-electron chi connectivity index (χ4n) is 0.515. The Bertz CT molecular complexity index is 87.3. The predicted molar refractivity (Wildman–Crippen MR) is 45.5 cm³/mol. The molecule has 0 aromatic carbocycles. The number of hydrogen-bond acceptors (Lipinski definition) is 0. The maximum absolute atomic E-state index is 5.71. The van der Waals surface area contributed by atoms with Crippen molar-refractivity contribution in [3.05, 3.63) is 0 Å². The average Bonchev–Trinajstić information content (AvgIpc) is 1.57. The zero-order valence-corrected chi connectivity index (χ0v) is 7.46. The minimum absolute atomic E-state index is 0.485. The number of hydrogen-bond donors (Lipinski definition) is 0. The van der Waals surface area contributed by atoms with Crippen LogP contribution in [0.4, 0.5) is 0 Å². The van der Waals surface area contributed by atoms with E-state index in [1.807, 2.05) is 28.2 Å². The summed E-state index contributed by atoms with van der Waals surface area (Å²) in [6.45, 7) is 1.78. The molecule has 2 nitrogen and oxygen atoms in total. The van der Waals surface area contributed by atoms with Crippen molar-refractivity contribution < 1.29 is 8.79 Å². The third kappa shape index (κ3) is 8.05. The van der Waals surface area contributed by atoms with Crippen LogP contribution in [0, 0.1) is 0 Å². The minimum atomic E-state index is 0.485. The molecule has 0 aliphatic rings. The lowest BCUT2D eigenvalue weighted by Gasteiger charge is -2.31. The first-order valence-corrected chi connectivity index (χ1v) is 3.44. The van der Waals surface area contributed by atoms with Crippen LogP contribution >= 0.6 is 0 Å². The molecule has 54 valence electrons. The number of nitrogens with zero attached hydrogens (tertiary/aromatic N) is 2. The Morgan fingerprint density at radius 3 is 1.10 bits per heavy atom. The molecule has 0 atom stereocenters. The Kier molecular flexibility index (Phi) is 2.99. The second-order valence-electron chi connectivity index (χ2n) is 4.00. The molecule has 0 unspecified atom stereocenters. The summed E-state index contributed by atoms with van der Waals surface area (Å²) in [6, 6.07) is 0. The Labute approximate surface area is 66.9 Å². The standard InChI is InChI=1S/C6H16B2N2/c1-9(2,7)5-6-10(3,4)8/h5-6H2,1-4H3/q+2. The van der Waals surface area contributed by atoms with Crippen LogP contribution in [0.15, 0.2) is 0 Å². The van der Waals surface area contributed by atoms with Crippen LogP contribution < -0.4 is 0 Å². The zero-order chi connectivity index (χ0) is 8.41. The Morgan fingerprint density at radius 2 is 1.00 bits per heavy atom. The predicted octanol–water partition coefficient (Wildman–Crippen LogP) is -0.694. The van der Waals surface area contributed by atoms with Crippen molar-refractivity contribution in [2.24, 2.45) is 0 Å². The molecule has 0 rings (SSSR count). The van der Waals surface area contributed by atoms with Crippen LogP contribution in [-0.2, 0) is 0 Å². The lowest BCUT2D eigenvalue weighted by molar-refractivity contribution is -0.834. The molecule has 0 saturated carbocycles. The monoisotopic (exact) mass is 138 g/mol. The minimum Gasteiger partial charge on any atom is -0.397 e. The first-order valence-electron chi connectivity index (χ1n) is 3.44. The first kappa shape index (κ1) is 10.0. The maximum atomic E-state index is 5.71. The summed E-state index contributed by atoms with van der Waals surface area (Å²) in [5.74, 6) is 0. The van der Waals surface area contributed by atoms with Crippen LogP contribution in [0.5, 0.6) is 0 Å². The summed E-state index contributed by atoms with van der Waals surface area (Å²) < 4.78 is 0.970. The van der Waals surface area contributed by atoms with Gasteiger partial charge in [-0.25, -0.2) is 0 Å². The van der Waals surface area contributed by atoms with E-state index >= 15 is 0 Å². The van der Waals surface area contributed by atoms with Gasteiger partial charge >= 0.3 is 16.0 Å². The molecule has 0 aliphatic heterocycles. The summed E-state index contributed by atoms with van der Waals surface area (Å²) in [7, 11) is 19.2. The van der Waals surface area contributed by atoms with Crippen LogP contribution in [-0.4, -0.2) is 66.0 Å². The third-order valence-corrected chi connectivity index (χ3v) is 1.25. The van der Waals surface area contributed by atoms with Crippen LogP contribution in [0.3, 0.4) is 0 Å². The highest BCUT2D eigenvalue weighted by Gasteiger charge is 2.14. The molecule has 0 heterocycles. The van der Waals surface area contributed by atoms with Gasteiger partial charge in [0.25, 0.3) is 0 Å². The van der Waals surface area contributed by atoms with Crippen LogP contribution in [0.1, 0.15) is 0 Å². The van der Waals surface area contributed by atoms with Crippen molar-refractivity contribution >= 4 is 16.0 Å². The van der Waals surface area contributed by atoms with Gasteiger partial charge in [-0.1, -0.05) is 0 Å². The molecule has 0 N–H and O–H groups in total. The van der Waals surface area contributed by atoms with Gasteiger partial charge in [-0.15, -0.1) is 0 Å². The first-order chi connectivity index (χ1) is 4.21. The van der Waals surface area contributed by atoms with Crippen molar-refractivity contribution in [3.8, 4) is 0 Å². The zero-order valence-electron chi connectivity index (χ0n) is 7.46. The summed E-state index contributed by atoms with van der Waals surface area (Å²) in [4.78, 5) is 0. The SMILES string of the molecule is [B][N+](C)(C)CC[N+]([B])(C)C. The van der Waals surface area contributed by atoms with E-state index in [2.05, 4.69) is 0 Å². The lowest BCUT2D eigenvalue weighted by Crippen LogP contribution is -2.48. The van der Waals surface area contributed by atoms with Crippen molar-refractivity contribution in [2.45, 2.75) is 0 Å². The second kappa shape index (κ2) is 2.97. The van der Waals surface area contributed by atoms with E-state index in [1.54, 1.807) is 0 Å². The molecular weight excluding hydrogens is 122 g/mol. The van der Waals surface area contributed by atoms with Gasteiger partial charge in [-0.3, -0.25) is 0 Å². The van der Waals surface area contributed by atoms with E-state index in [0.717, 1.165) is 13.1 Å². The van der Waals surface area contributed by atoms with E-state index in [9.17, 15) is 0 Å². The van der Waals surface area contributed by atoms with Gasteiger partial charge in [-0.05, 0) is 0 Å². The van der Waals surface area contributed by atoms with E-state index in [4.69, 9.17) is 16.0 Å². The van der Waals surface area contributed by atoms with E-state index in [1.165, 1.54) is 0 Å². The van der Waals surface area contributed by atoms with E-state index in [0.29, 0.717) is 8.79 Å². The largest absolute Gasteiger partial charge is 0.481 e. The van der Waals surface area contributed by atoms with E-state index < -0.39 is 0 Å². The van der Waals surface area contributed by atoms with E-state index in [-0.39, 0.29) is 0 Å². The van der Waals surface area contributed by atoms with Crippen molar-refractivity contribution in [1.82, 2.24) is 0 Å². The highest BCUT2D eigenvalue weighted by atomic mass is 15.3. The number of quaternary nitrogens is 2. The van der Waals surface area contributed by atoms with Gasteiger partial charge in [0, 0.05) is 28.2 Å². The molecule has 10 heavy (non-hydrogen) atoms. The highest BCUT2D eigenvalue weighted by Crippen LogP contribution is 1.93. The maximum Gasteiger partial charge on any atom is 0.481 e. The summed E-state index contributed by atoms with van der Waals surface area (Å²) in [6.07, 6.45) is 0. The quantitative estimate of drug-likeness (QED) is 0.452. The van der Waals surface area contributed by atoms with Gasteiger partial charge < -0.3 is 8.79 Å². The van der Waals surface area contributed by atoms with Crippen molar-refractivity contribution in [1.29, 1.82) is 0 Å². The van der Waals surface area contributed by atoms with Crippen molar-refractivity contribution in [3.63, 3.8) is 0 Å². The molecule has 4 heteroatoms. The van der Waals surface area contributed by atoms with Crippen LogP contribution in [0.2, 0.25) is 0 Å². The molecule has 0 bridgehead atoms. The Balaban J connectivity index is 3.56. The Hall–Kier alpha value is 0.0499. The molecular formula is C6H16B2N2+2.